The molecule has 0 aliphatic heterocycles. The van der Waals surface area contributed by atoms with Crippen molar-refractivity contribution in [2.45, 2.75) is 32.9 Å². The number of carboxylic acid groups (broad SMARTS) is 1. The molecular weight excluding hydrogens is 307 g/mol. The Bertz CT molecular complexity index is 321. The van der Waals surface area contributed by atoms with Crippen LogP contribution in [0.1, 0.15) is 26.7 Å². The zero-order chi connectivity index (χ0) is 17.8. The first-order chi connectivity index (χ1) is 10.0. The molecule has 3 N–H and O–H groups in total. The summed E-state index contributed by atoms with van der Waals surface area (Å²) in [6.45, 7) is 5.56. The van der Waals surface area contributed by atoms with E-state index in [1.807, 2.05) is 0 Å². The summed E-state index contributed by atoms with van der Waals surface area (Å²) < 4.78 is 41.5. The van der Waals surface area contributed by atoms with Crippen LogP contribution in [-0.4, -0.2) is 50.1 Å². The fourth-order valence-corrected chi connectivity index (χ4v) is 1.46. The first kappa shape index (κ1) is 22.9. The van der Waals surface area contributed by atoms with Crippen molar-refractivity contribution in [2.24, 2.45) is 17.6 Å². The minimum atomic E-state index is -5.08. The van der Waals surface area contributed by atoms with E-state index in [4.69, 9.17) is 25.1 Å². The van der Waals surface area contributed by atoms with Gasteiger partial charge in [0.05, 0.1) is 6.61 Å². The van der Waals surface area contributed by atoms with Crippen molar-refractivity contribution in [3.05, 3.63) is 0 Å². The zero-order valence-corrected chi connectivity index (χ0v) is 13.0. The van der Waals surface area contributed by atoms with Gasteiger partial charge in [0.1, 0.15) is 6.61 Å². The molecule has 1 unspecified atom stereocenters. The van der Waals surface area contributed by atoms with Crippen LogP contribution in [0.5, 0.6) is 0 Å². The van der Waals surface area contributed by atoms with Crippen LogP contribution in [0.15, 0.2) is 0 Å². The Balaban J connectivity index is 0. The topological polar surface area (TPSA) is 98.9 Å². The average molecular weight is 331 g/mol. The molecule has 0 aliphatic carbocycles. The van der Waals surface area contributed by atoms with Gasteiger partial charge in [-0.3, -0.25) is 4.79 Å². The molecule has 0 aromatic heterocycles. The zero-order valence-electron chi connectivity index (χ0n) is 13.0. The molecule has 0 radical (unpaired) electrons. The number of carboxylic acids is 1. The second-order valence-electron chi connectivity index (χ2n) is 4.95. The number of halogens is 3. The van der Waals surface area contributed by atoms with E-state index in [1.165, 1.54) is 0 Å². The number of nitrogens with two attached hydrogens (primary N) is 1. The fraction of sp³-hybridized carbons (Fsp3) is 0.846. The summed E-state index contributed by atoms with van der Waals surface area (Å²) >= 11 is 0. The van der Waals surface area contributed by atoms with Crippen LogP contribution < -0.4 is 5.73 Å². The van der Waals surface area contributed by atoms with Gasteiger partial charge in [0.25, 0.3) is 0 Å². The van der Waals surface area contributed by atoms with Gasteiger partial charge in [-0.15, -0.1) is 0 Å². The Kier molecular flexibility index (Phi) is 12.7. The molecule has 0 bridgehead atoms. The highest BCUT2D eigenvalue weighted by Crippen LogP contribution is 2.14. The molecule has 0 fully saturated rings. The van der Waals surface area contributed by atoms with Crippen molar-refractivity contribution in [3.63, 3.8) is 0 Å². The third kappa shape index (κ3) is 15.0. The Morgan fingerprint density at radius 3 is 2.05 bits per heavy atom. The standard InChI is InChI=1S/C11H23NO3.C2HF3O2/c1-9(2)6-10(8-12)7-11(13)15-5-4-14-3;3-2(4,5)1(6)7/h9-10H,4-8,12H2,1-3H3;(H,6,7). The number of esters is 1. The Labute approximate surface area is 127 Å². The van der Waals surface area contributed by atoms with Crippen molar-refractivity contribution >= 4 is 11.9 Å². The Hall–Kier alpha value is -1.35. The SMILES string of the molecule is COCCOC(=O)CC(CN)CC(C)C.O=C(O)C(F)(F)F. The molecule has 0 aliphatic rings. The van der Waals surface area contributed by atoms with Crippen LogP contribution in [0.2, 0.25) is 0 Å². The predicted molar refractivity (Wildman–Crippen MR) is 73.1 cm³/mol. The number of methoxy groups -OCH3 is 1. The maximum absolute atomic E-state index is 11.3. The second-order valence-corrected chi connectivity index (χ2v) is 4.95. The van der Waals surface area contributed by atoms with Gasteiger partial charge < -0.3 is 20.3 Å². The summed E-state index contributed by atoms with van der Waals surface area (Å²) in [5.41, 5.74) is 5.59. The largest absolute Gasteiger partial charge is 0.490 e. The molecule has 0 rings (SSSR count). The number of hydrogen-bond donors (Lipinski definition) is 2. The Morgan fingerprint density at radius 1 is 1.23 bits per heavy atom. The lowest BCUT2D eigenvalue weighted by Gasteiger charge is -2.15. The highest BCUT2D eigenvalue weighted by Gasteiger charge is 2.38. The maximum Gasteiger partial charge on any atom is 0.490 e. The maximum atomic E-state index is 11.3. The predicted octanol–water partition coefficient (Wildman–Crippen LogP) is 1.82. The van der Waals surface area contributed by atoms with Crippen molar-refractivity contribution in [1.29, 1.82) is 0 Å². The Morgan fingerprint density at radius 2 is 1.73 bits per heavy atom. The summed E-state index contributed by atoms with van der Waals surface area (Å²) in [7, 11) is 1.58. The average Bonchev–Trinajstić information content (AvgIpc) is 2.37. The first-order valence-corrected chi connectivity index (χ1v) is 6.69. The smallest absolute Gasteiger partial charge is 0.475 e. The molecule has 6 nitrogen and oxygen atoms in total. The highest BCUT2D eigenvalue weighted by atomic mass is 19.4. The normalized spacial score (nSPS) is 12.4. The van der Waals surface area contributed by atoms with Crippen LogP contribution in [0, 0.1) is 11.8 Å². The third-order valence-electron chi connectivity index (χ3n) is 2.39. The molecule has 0 amide bonds. The van der Waals surface area contributed by atoms with E-state index in [2.05, 4.69) is 13.8 Å². The van der Waals surface area contributed by atoms with E-state index in [0.717, 1.165) is 6.42 Å². The number of carbonyl (C=O) groups is 2. The second kappa shape index (κ2) is 12.2. The third-order valence-corrected chi connectivity index (χ3v) is 2.39. The van der Waals surface area contributed by atoms with Crippen molar-refractivity contribution < 1.29 is 37.3 Å². The van der Waals surface area contributed by atoms with Gasteiger partial charge in [0, 0.05) is 13.5 Å². The number of hydrogen-bond acceptors (Lipinski definition) is 5. The summed E-state index contributed by atoms with van der Waals surface area (Å²) in [5, 5.41) is 7.12. The quantitative estimate of drug-likeness (QED) is 0.520. The van der Waals surface area contributed by atoms with E-state index in [1.54, 1.807) is 7.11 Å². The molecule has 0 aromatic carbocycles. The highest BCUT2D eigenvalue weighted by molar-refractivity contribution is 5.73. The van der Waals surface area contributed by atoms with Crippen molar-refractivity contribution in [2.75, 3.05) is 26.9 Å². The molecule has 0 saturated carbocycles. The molecule has 1 atom stereocenters. The molecule has 22 heavy (non-hydrogen) atoms. The molecule has 0 spiro atoms. The van der Waals surface area contributed by atoms with Crippen molar-refractivity contribution in [3.8, 4) is 0 Å². The first-order valence-electron chi connectivity index (χ1n) is 6.69. The lowest BCUT2D eigenvalue weighted by molar-refractivity contribution is -0.192. The molecular formula is C13H24F3NO5. The van der Waals surface area contributed by atoms with Gasteiger partial charge in [0.15, 0.2) is 0 Å². The summed E-state index contributed by atoms with van der Waals surface area (Å²) in [6.07, 6.45) is -3.70. The summed E-state index contributed by atoms with van der Waals surface area (Å²) in [4.78, 5) is 20.2. The number of rotatable bonds is 8. The number of ether oxygens (including phenoxy) is 2. The number of aliphatic carboxylic acids is 1. The summed E-state index contributed by atoms with van der Waals surface area (Å²) in [6, 6.07) is 0. The lowest BCUT2D eigenvalue weighted by Crippen LogP contribution is -2.21. The molecule has 0 heterocycles. The van der Waals surface area contributed by atoms with Crippen LogP contribution in [0.3, 0.4) is 0 Å². The van der Waals surface area contributed by atoms with Gasteiger partial charge >= 0.3 is 18.1 Å². The lowest BCUT2D eigenvalue weighted by atomic mass is 9.94. The van der Waals surface area contributed by atoms with Gasteiger partial charge in [-0.05, 0) is 24.8 Å². The molecule has 0 aromatic rings. The van der Waals surface area contributed by atoms with Gasteiger partial charge in [0.2, 0.25) is 0 Å². The van der Waals surface area contributed by atoms with Crippen LogP contribution in [0.4, 0.5) is 13.2 Å². The molecule has 132 valence electrons. The number of carbonyl (C=O) groups excluding carboxylic acids is 1. The minimum absolute atomic E-state index is 0.178. The van der Waals surface area contributed by atoms with Gasteiger partial charge in [-0.2, -0.15) is 13.2 Å². The van der Waals surface area contributed by atoms with E-state index in [-0.39, 0.29) is 11.9 Å². The monoisotopic (exact) mass is 331 g/mol. The van der Waals surface area contributed by atoms with Crippen LogP contribution >= 0.6 is 0 Å². The van der Waals surface area contributed by atoms with Crippen molar-refractivity contribution in [1.82, 2.24) is 0 Å². The van der Waals surface area contributed by atoms with Gasteiger partial charge in [-0.1, -0.05) is 13.8 Å². The fourth-order valence-electron chi connectivity index (χ4n) is 1.46. The van der Waals surface area contributed by atoms with Crippen LogP contribution in [0.25, 0.3) is 0 Å². The van der Waals surface area contributed by atoms with Crippen LogP contribution in [-0.2, 0) is 19.1 Å². The van der Waals surface area contributed by atoms with E-state index in [9.17, 15) is 18.0 Å². The number of alkyl halides is 3. The molecule has 9 heteroatoms. The summed E-state index contributed by atoms with van der Waals surface area (Å²) in [5.74, 6) is -2.14. The molecule has 0 saturated heterocycles. The van der Waals surface area contributed by atoms with E-state index in [0.29, 0.717) is 32.1 Å². The van der Waals surface area contributed by atoms with Gasteiger partial charge in [-0.25, -0.2) is 4.79 Å². The van der Waals surface area contributed by atoms with E-state index >= 15 is 0 Å². The van der Waals surface area contributed by atoms with E-state index < -0.39 is 12.1 Å². The minimum Gasteiger partial charge on any atom is -0.475 e.